The van der Waals surface area contributed by atoms with Crippen molar-refractivity contribution in [2.24, 2.45) is 0 Å². The summed E-state index contributed by atoms with van der Waals surface area (Å²) in [6.45, 7) is 0.587. The highest BCUT2D eigenvalue weighted by molar-refractivity contribution is 9.14. The molecule has 0 atom stereocenters. The van der Waals surface area contributed by atoms with E-state index in [9.17, 15) is 0 Å². The van der Waals surface area contributed by atoms with E-state index < -0.39 is 0 Å². The van der Waals surface area contributed by atoms with Crippen LogP contribution in [0.25, 0.3) is 11.2 Å². The van der Waals surface area contributed by atoms with Gasteiger partial charge in [0.2, 0.25) is 5.88 Å². The predicted octanol–water partition coefficient (Wildman–Crippen LogP) is 3.08. The molecule has 0 amide bonds. The molecule has 0 N–H and O–H groups in total. The molecule has 0 aliphatic carbocycles. The molecule has 0 fully saturated rings. The number of alkyl halides is 1. The third-order valence-electron chi connectivity index (χ3n) is 2.28. The van der Waals surface area contributed by atoms with Crippen LogP contribution in [0.2, 0.25) is 0 Å². The highest BCUT2D eigenvalue weighted by Gasteiger charge is 2.11. The summed E-state index contributed by atoms with van der Waals surface area (Å²) < 4.78 is 8.85. The molecule has 5 nitrogen and oxygen atoms in total. The number of hydrogen-bond donors (Lipinski definition) is 0. The Morgan fingerprint density at radius 2 is 2.11 bits per heavy atom. The van der Waals surface area contributed by atoms with Gasteiger partial charge in [0.1, 0.15) is 6.33 Å². The van der Waals surface area contributed by atoms with Gasteiger partial charge in [0.25, 0.3) is 0 Å². The van der Waals surface area contributed by atoms with Crippen molar-refractivity contribution in [2.45, 2.75) is 6.54 Å². The minimum atomic E-state index is 0.408. The van der Waals surface area contributed by atoms with Gasteiger partial charge in [0, 0.05) is 8.96 Å². The Morgan fingerprint density at radius 1 is 1.33 bits per heavy atom. The quantitative estimate of drug-likeness (QED) is 0.746. The van der Waals surface area contributed by atoms with Crippen molar-refractivity contribution >= 4 is 54.6 Å². The number of hydrogen-bond acceptors (Lipinski definition) is 4. The second kappa shape index (κ2) is 5.99. The molecule has 0 saturated heterocycles. The van der Waals surface area contributed by atoms with Crippen LogP contribution in [0.3, 0.4) is 0 Å². The number of methoxy groups -OCH3 is 1. The number of fused-ring (bicyclic) bond motifs is 1. The van der Waals surface area contributed by atoms with Crippen molar-refractivity contribution in [3.63, 3.8) is 0 Å². The molecule has 0 spiro atoms. The number of halogens is 3. The van der Waals surface area contributed by atoms with Crippen LogP contribution in [0.5, 0.6) is 5.88 Å². The van der Waals surface area contributed by atoms with Crippen molar-refractivity contribution in [3.8, 4) is 5.88 Å². The Hall–Kier alpha value is -0.660. The van der Waals surface area contributed by atoms with Crippen LogP contribution in [0, 0.1) is 0 Å². The predicted molar refractivity (Wildman–Crippen MR) is 77.5 cm³/mol. The van der Waals surface area contributed by atoms with Gasteiger partial charge in [-0.05, 0) is 0 Å². The third-order valence-corrected chi connectivity index (χ3v) is 4.89. The van der Waals surface area contributed by atoms with Gasteiger partial charge in [0.15, 0.2) is 11.2 Å². The van der Waals surface area contributed by atoms with Crippen molar-refractivity contribution in [1.29, 1.82) is 0 Å². The summed E-state index contributed by atoms with van der Waals surface area (Å²) in [5, 5.41) is 0. The van der Waals surface area contributed by atoms with Gasteiger partial charge in [-0.1, -0.05) is 31.9 Å². The van der Waals surface area contributed by atoms with Gasteiger partial charge in [-0.15, -0.1) is 11.6 Å². The summed E-state index contributed by atoms with van der Waals surface area (Å²) in [6, 6.07) is 0. The van der Waals surface area contributed by atoms with Crippen LogP contribution < -0.4 is 4.74 Å². The van der Waals surface area contributed by atoms with Gasteiger partial charge >= 0.3 is 0 Å². The maximum Gasteiger partial charge on any atom is 0.245 e. The van der Waals surface area contributed by atoms with E-state index in [2.05, 4.69) is 46.8 Å². The molecule has 0 aromatic carbocycles. The zero-order chi connectivity index (χ0) is 13.1. The highest BCUT2D eigenvalue weighted by atomic mass is 79.9. The minimum Gasteiger partial charge on any atom is -0.479 e. The van der Waals surface area contributed by atoms with Crippen LogP contribution in [0.4, 0.5) is 0 Å². The maximum absolute atomic E-state index is 5.75. The van der Waals surface area contributed by atoms with Gasteiger partial charge < -0.3 is 9.30 Å². The fourth-order valence-corrected chi connectivity index (χ4v) is 2.29. The molecule has 18 heavy (non-hydrogen) atoms. The smallest absolute Gasteiger partial charge is 0.245 e. The lowest BCUT2D eigenvalue weighted by Gasteiger charge is -2.05. The third kappa shape index (κ3) is 2.67. The second-order valence-corrected chi connectivity index (χ2v) is 5.55. The average molecular weight is 396 g/mol. The molecule has 2 aromatic heterocycles. The summed E-state index contributed by atoms with van der Waals surface area (Å²) in [5.41, 5.74) is 1.36. The Kier molecular flexibility index (Phi) is 4.58. The zero-order valence-electron chi connectivity index (χ0n) is 9.40. The van der Waals surface area contributed by atoms with E-state index >= 15 is 0 Å². The SMILES string of the molecule is COc1ncnc2c1ncn2C/C(Br)=C(\Br)CCl. The molecule has 2 heterocycles. The lowest BCUT2D eigenvalue weighted by molar-refractivity contribution is 0.401. The first-order chi connectivity index (χ1) is 8.67. The van der Waals surface area contributed by atoms with Crippen LogP contribution in [0.1, 0.15) is 0 Å². The molecule has 0 unspecified atom stereocenters. The number of nitrogens with zero attached hydrogens (tertiary/aromatic N) is 4. The Labute approximate surface area is 125 Å². The van der Waals surface area contributed by atoms with Crippen molar-refractivity contribution in [3.05, 3.63) is 21.6 Å². The second-order valence-electron chi connectivity index (χ2n) is 3.37. The molecular weight excluding hydrogens is 387 g/mol. The lowest BCUT2D eigenvalue weighted by Crippen LogP contribution is -1.99. The number of rotatable bonds is 4. The van der Waals surface area contributed by atoms with Crippen LogP contribution in [-0.2, 0) is 6.54 Å². The average Bonchev–Trinajstić information content (AvgIpc) is 2.81. The van der Waals surface area contributed by atoms with E-state index in [1.54, 1.807) is 13.4 Å². The molecule has 0 bridgehead atoms. The molecular formula is C10H9Br2ClN4O. The molecule has 2 rings (SSSR count). The summed E-state index contributed by atoms with van der Waals surface area (Å²) in [5.74, 6) is 0.876. The first-order valence-electron chi connectivity index (χ1n) is 4.96. The molecule has 0 radical (unpaired) electrons. The van der Waals surface area contributed by atoms with Crippen molar-refractivity contribution in [2.75, 3.05) is 13.0 Å². The van der Waals surface area contributed by atoms with E-state index in [1.807, 2.05) is 4.57 Å². The fourth-order valence-electron chi connectivity index (χ4n) is 1.43. The lowest BCUT2D eigenvalue weighted by atomic mass is 10.5. The van der Waals surface area contributed by atoms with E-state index in [1.165, 1.54) is 6.33 Å². The highest BCUT2D eigenvalue weighted by Crippen LogP contribution is 2.24. The zero-order valence-corrected chi connectivity index (χ0v) is 13.3. The van der Waals surface area contributed by atoms with Crippen LogP contribution >= 0.6 is 43.5 Å². The van der Waals surface area contributed by atoms with Gasteiger partial charge in [-0.25, -0.2) is 9.97 Å². The van der Waals surface area contributed by atoms with Crippen LogP contribution in [0.15, 0.2) is 21.6 Å². The monoisotopic (exact) mass is 394 g/mol. The molecule has 8 heteroatoms. The van der Waals surface area contributed by atoms with E-state index in [4.69, 9.17) is 16.3 Å². The van der Waals surface area contributed by atoms with Crippen molar-refractivity contribution < 1.29 is 4.74 Å². The van der Waals surface area contributed by atoms with E-state index in [0.29, 0.717) is 29.5 Å². The topological polar surface area (TPSA) is 52.8 Å². The van der Waals surface area contributed by atoms with E-state index in [0.717, 1.165) is 8.96 Å². The Balaban J connectivity index is 2.42. The molecule has 0 aliphatic rings. The first kappa shape index (κ1) is 13.8. The fraction of sp³-hybridized carbons (Fsp3) is 0.300. The van der Waals surface area contributed by atoms with Gasteiger partial charge in [-0.3, -0.25) is 0 Å². The minimum absolute atomic E-state index is 0.408. The largest absolute Gasteiger partial charge is 0.479 e. The molecule has 0 saturated carbocycles. The molecule has 96 valence electrons. The Morgan fingerprint density at radius 3 is 2.78 bits per heavy atom. The normalized spacial score (nSPS) is 12.7. The Bertz CT molecular complexity index is 599. The molecule has 2 aromatic rings. The summed E-state index contributed by atoms with van der Waals surface area (Å²) in [4.78, 5) is 12.5. The maximum atomic E-state index is 5.75. The molecule has 0 aliphatic heterocycles. The van der Waals surface area contributed by atoms with Gasteiger partial charge in [-0.2, -0.15) is 4.98 Å². The van der Waals surface area contributed by atoms with Gasteiger partial charge in [0.05, 0.1) is 25.9 Å². The van der Waals surface area contributed by atoms with E-state index in [-0.39, 0.29) is 0 Å². The number of imidazole rings is 1. The summed E-state index contributed by atoms with van der Waals surface area (Å²) in [7, 11) is 1.56. The standard InChI is InChI=1S/C10H9Br2ClN4O/c1-18-10-8-9(14-4-15-10)17(5-16-8)3-7(12)6(11)2-13/h4-5H,2-3H2,1H3/b7-6+. The number of aromatic nitrogens is 4. The summed E-state index contributed by atoms with van der Waals surface area (Å²) in [6.07, 6.45) is 3.14. The van der Waals surface area contributed by atoms with Crippen molar-refractivity contribution in [1.82, 2.24) is 19.5 Å². The van der Waals surface area contributed by atoms with Crippen LogP contribution in [-0.4, -0.2) is 32.5 Å². The number of allylic oxidation sites excluding steroid dienone is 2. The first-order valence-corrected chi connectivity index (χ1v) is 7.08. The number of ether oxygens (including phenoxy) is 1. The summed E-state index contributed by atoms with van der Waals surface area (Å²) >= 11 is 12.6.